The molecule has 1 unspecified atom stereocenters. The van der Waals surface area contributed by atoms with E-state index in [4.69, 9.17) is 4.98 Å². The average molecular weight is 440 g/mol. The van der Waals surface area contributed by atoms with Gasteiger partial charge in [0.15, 0.2) is 0 Å². The number of fused-ring (bicyclic) bond motifs is 1. The van der Waals surface area contributed by atoms with E-state index >= 15 is 0 Å². The van der Waals surface area contributed by atoms with E-state index in [9.17, 15) is 4.79 Å². The van der Waals surface area contributed by atoms with Gasteiger partial charge < -0.3 is 4.90 Å². The first kappa shape index (κ1) is 20.1. The van der Waals surface area contributed by atoms with Crippen LogP contribution in [0.1, 0.15) is 28.9 Å². The Morgan fingerprint density at radius 2 is 1.88 bits per heavy atom. The molecule has 6 nitrogen and oxygen atoms in total. The molecule has 1 amide bonds. The fourth-order valence-electron chi connectivity index (χ4n) is 3.74. The maximum atomic E-state index is 13.6. The standard InChI is InChI=1S/C25H21N5OS/c1-17(18-9-11-19(12-10-18)30-16-26-15-27-30)29(2)25(31)21-14-23(24-8-5-13-32-24)28-22-7-4-3-6-20(21)22/h3-17H,1-2H3. The van der Waals surface area contributed by atoms with Gasteiger partial charge in [-0.25, -0.2) is 14.6 Å². The molecule has 5 aromatic rings. The van der Waals surface area contributed by atoms with Crippen molar-refractivity contribution in [2.24, 2.45) is 0 Å². The summed E-state index contributed by atoms with van der Waals surface area (Å²) < 4.78 is 1.71. The van der Waals surface area contributed by atoms with E-state index in [1.165, 1.54) is 6.33 Å². The van der Waals surface area contributed by atoms with Gasteiger partial charge in [-0.3, -0.25) is 4.79 Å². The van der Waals surface area contributed by atoms with Gasteiger partial charge in [-0.05, 0) is 48.2 Å². The van der Waals surface area contributed by atoms with Crippen LogP contribution in [0.3, 0.4) is 0 Å². The third-order valence-electron chi connectivity index (χ3n) is 5.68. The highest BCUT2D eigenvalue weighted by Crippen LogP contribution is 2.30. The summed E-state index contributed by atoms with van der Waals surface area (Å²) >= 11 is 1.62. The van der Waals surface area contributed by atoms with E-state index in [-0.39, 0.29) is 11.9 Å². The lowest BCUT2D eigenvalue weighted by molar-refractivity contribution is 0.0744. The number of carbonyl (C=O) groups is 1. The molecule has 0 aliphatic carbocycles. The predicted molar refractivity (Wildman–Crippen MR) is 127 cm³/mol. The molecule has 0 bridgehead atoms. The minimum Gasteiger partial charge on any atom is -0.335 e. The Hall–Kier alpha value is -3.84. The molecule has 0 saturated carbocycles. The highest BCUT2D eigenvalue weighted by Gasteiger charge is 2.22. The Morgan fingerprint density at radius 3 is 2.59 bits per heavy atom. The molecule has 2 aromatic carbocycles. The summed E-state index contributed by atoms with van der Waals surface area (Å²) in [5.74, 6) is -0.0331. The summed E-state index contributed by atoms with van der Waals surface area (Å²) in [7, 11) is 1.85. The van der Waals surface area contributed by atoms with Crippen molar-refractivity contribution >= 4 is 28.1 Å². The van der Waals surface area contributed by atoms with Crippen LogP contribution in [0.5, 0.6) is 0 Å². The predicted octanol–water partition coefficient (Wildman–Crippen LogP) is 5.38. The fourth-order valence-corrected chi connectivity index (χ4v) is 4.43. The van der Waals surface area contributed by atoms with Crippen molar-refractivity contribution in [3.8, 4) is 16.3 Å². The Kier molecular flexibility index (Phi) is 5.25. The molecular formula is C25H21N5OS. The highest BCUT2D eigenvalue weighted by molar-refractivity contribution is 7.13. The van der Waals surface area contributed by atoms with E-state index < -0.39 is 0 Å². The monoisotopic (exact) mass is 439 g/mol. The van der Waals surface area contributed by atoms with Crippen LogP contribution in [0.25, 0.3) is 27.2 Å². The highest BCUT2D eigenvalue weighted by atomic mass is 32.1. The van der Waals surface area contributed by atoms with Gasteiger partial charge in [0, 0.05) is 12.4 Å². The van der Waals surface area contributed by atoms with Crippen molar-refractivity contribution in [3.63, 3.8) is 0 Å². The van der Waals surface area contributed by atoms with Crippen molar-refractivity contribution in [1.82, 2.24) is 24.6 Å². The lowest BCUT2D eigenvalue weighted by atomic mass is 10.0. The topological polar surface area (TPSA) is 63.9 Å². The molecule has 0 spiro atoms. The molecule has 0 saturated heterocycles. The van der Waals surface area contributed by atoms with Crippen molar-refractivity contribution in [1.29, 1.82) is 0 Å². The van der Waals surface area contributed by atoms with Crippen molar-refractivity contribution in [2.45, 2.75) is 13.0 Å². The van der Waals surface area contributed by atoms with Gasteiger partial charge in [0.05, 0.1) is 33.4 Å². The van der Waals surface area contributed by atoms with Crippen LogP contribution in [0.2, 0.25) is 0 Å². The number of para-hydroxylation sites is 1. The van der Waals surface area contributed by atoms with E-state index in [0.717, 1.165) is 32.7 Å². The summed E-state index contributed by atoms with van der Waals surface area (Å²) in [5, 5.41) is 7.04. The molecule has 32 heavy (non-hydrogen) atoms. The zero-order valence-corrected chi connectivity index (χ0v) is 18.5. The summed E-state index contributed by atoms with van der Waals surface area (Å²) in [4.78, 5) is 25.2. The van der Waals surface area contributed by atoms with Crippen LogP contribution in [0.4, 0.5) is 0 Å². The summed E-state index contributed by atoms with van der Waals surface area (Å²) in [6, 6.07) is 21.6. The molecule has 5 rings (SSSR count). The molecule has 0 aliphatic heterocycles. The average Bonchev–Trinajstić information content (AvgIpc) is 3.57. The summed E-state index contributed by atoms with van der Waals surface area (Å²) in [5.41, 5.74) is 4.27. The number of hydrogen-bond donors (Lipinski definition) is 0. The van der Waals surface area contributed by atoms with Gasteiger partial charge in [-0.2, -0.15) is 5.10 Å². The molecule has 7 heteroatoms. The number of pyridine rings is 1. The van der Waals surface area contributed by atoms with Crippen LogP contribution in [-0.2, 0) is 0 Å². The molecule has 0 N–H and O–H groups in total. The SMILES string of the molecule is CC(c1ccc(-n2cncn2)cc1)N(C)C(=O)c1cc(-c2cccs2)nc2ccccc12. The number of amides is 1. The number of benzene rings is 2. The number of carbonyl (C=O) groups excluding carboxylic acids is 1. The first-order valence-corrected chi connectivity index (χ1v) is 11.2. The molecule has 0 aliphatic rings. The van der Waals surface area contributed by atoms with Gasteiger partial charge in [-0.1, -0.05) is 36.4 Å². The van der Waals surface area contributed by atoms with Gasteiger partial charge >= 0.3 is 0 Å². The molecule has 3 aromatic heterocycles. The number of aromatic nitrogens is 4. The lowest BCUT2D eigenvalue weighted by Gasteiger charge is -2.26. The van der Waals surface area contributed by atoms with Crippen LogP contribution < -0.4 is 0 Å². The normalized spacial score (nSPS) is 12.1. The quantitative estimate of drug-likeness (QED) is 0.369. The van der Waals surface area contributed by atoms with Crippen LogP contribution in [0.15, 0.2) is 84.8 Å². The molecule has 1 atom stereocenters. The van der Waals surface area contributed by atoms with E-state index in [1.807, 2.05) is 86.1 Å². The minimum absolute atomic E-state index is 0.0331. The second kappa shape index (κ2) is 8.36. The largest absolute Gasteiger partial charge is 0.335 e. The molecule has 0 fully saturated rings. The van der Waals surface area contributed by atoms with E-state index in [0.29, 0.717) is 5.56 Å². The lowest BCUT2D eigenvalue weighted by Crippen LogP contribution is -2.30. The number of hydrogen-bond acceptors (Lipinski definition) is 5. The van der Waals surface area contributed by atoms with Crippen molar-refractivity contribution < 1.29 is 4.79 Å². The van der Waals surface area contributed by atoms with Crippen LogP contribution >= 0.6 is 11.3 Å². The molecule has 0 radical (unpaired) electrons. The Balaban J connectivity index is 1.48. The third-order valence-corrected chi connectivity index (χ3v) is 6.57. The number of thiophene rings is 1. The van der Waals surface area contributed by atoms with E-state index in [1.54, 1.807) is 27.2 Å². The number of rotatable bonds is 5. The maximum absolute atomic E-state index is 13.6. The van der Waals surface area contributed by atoms with E-state index in [2.05, 4.69) is 10.1 Å². The smallest absolute Gasteiger partial charge is 0.254 e. The zero-order chi connectivity index (χ0) is 22.1. The third kappa shape index (κ3) is 3.67. The molecular weight excluding hydrogens is 418 g/mol. The Morgan fingerprint density at radius 1 is 1.06 bits per heavy atom. The number of nitrogens with zero attached hydrogens (tertiary/aromatic N) is 5. The molecule has 158 valence electrons. The van der Waals surface area contributed by atoms with Gasteiger partial charge in [0.2, 0.25) is 0 Å². The zero-order valence-electron chi connectivity index (χ0n) is 17.7. The van der Waals surface area contributed by atoms with Crippen molar-refractivity contribution in [3.05, 3.63) is 95.9 Å². The van der Waals surface area contributed by atoms with Crippen LogP contribution in [0, 0.1) is 0 Å². The fraction of sp³-hybridized carbons (Fsp3) is 0.120. The Labute approximate surface area is 189 Å². The second-order valence-electron chi connectivity index (χ2n) is 7.57. The maximum Gasteiger partial charge on any atom is 0.254 e. The van der Waals surface area contributed by atoms with Gasteiger partial charge in [0.1, 0.15) is 12.7 Å². The first-order chi connectivity index (χ1) is 15.6. The summed E-state index contributed by atoms with van der Waals surface area (Å²) in [6.07, 6.45) is 3.17. The van der Waals surface area contributed by atoms with Gasteiger partial charge in [-0.15, -0.1) is 11.3 Å². The van der Waals surface area contributed by atoms with Crippen LogP contribution in [-0.4, -0.2) is 37.6 Å². The van der Waals surface area contributed by atoms with Crippen molar-refractivity contribution in [2.75, 3.05) is 7.05 Å². The Bertz CT molecular complexity index is 1360. The molecule has 3 heterocycles. The first-order valence-electron chi connectivity index (χ1n) is 10.3. The summed E-state index contributed by atoms with van der Waals surface area (Å²) in [6.45, 7) is 2.03. The van der Waals surface area contributed by atoms with Gasteiger partial charge in [0.25, 0.3) is 5.91 Å². The second-order valence-corrected chi connectivity index (χ2v) is 8.52. The minimum atomic E-state index is -0.107.